The van der Waals surface area contributed by atoms with Crippen LogP contribution in [-0.4, -0.2) is 64.1 Å². The first-order valence-electron chi connectivity index (χ1n) is 11.9. The van der Waals surface area contributed by atoms with Crippen molar-refractivity contribution in [2.75, 3.05) is 34.5 Å². The van der Waals surface area contributed by atoms with Crippen molar-refractivity contribution in [1.82, 2.24) is 16.1 Å². The lowest BCUT2D eigenvalue weighted by Crippen LogP contribution is -2.45. The number of nitrogens with zero attached hydrogens (tertiary/aromatic N) is 1. The predicted octanol–water partition coefficient (Wildman–Crippen LogP) is 2.83. The number of urea groups is 1. The number of esters is 1. The van der Waals surface area contributed by atoms with Crippen molar-refractivity contribution in [3.8, 4) is 23.0 Å². The van der Waals surface area contributed by atoms with E-state index in [1.54, 1.807) is 32.2 Å². The molecule has 0 radical (unpaired) electrons. The zero-order valence-electron chi connectivity index (χ0n) is 22.2. The number of carbonyl (C=O) groups excluding carboxylic acids is 2. The topological polar surface area (TPSA) is 149 Å². The van der Waals surface area contributed by atoms with Gasteiger partial charge in [-0.15, -0.1) is 0 Å². The van der Waals surface area contributed by atoms with E-state index in [2.05, 4.69) is 43.8 Å². The molecule has 0 spiro atoms. The van der Waals surface area contributed by atoms with Gasteiger partial charge in [0.15, 0.2) is 29.2 Å². The second-order valence-electron chi connectivity index (χ2n) is 8.15. The molecule has 0 saturated heterocycles. The first-order chi connectivity index (χ1) is 18.7. The highest BCUT2D eigenvalue weighted by Crippen LogP contribution is 2.35. The Bertz CT molecular complexity index is 1270. The van der Waals surface area contributed by atoms with Crippen molar-refractivity contribution in [2.24, 2.45) is 5.10 Å². The largest absolute Gasteiger partial charge is 0.493 e. The molecule has 0 fully saturated rings. The summed E-state index contributed by atoms with van der Waals surface area (Å²) in [7, 11) is 4.36. The van der Waals surface area contributed by atoms with Gasteiger partial charge in [-0.3, -0.25) is 5.43 Å². The fourth-order valence-electron chi connectivity index (χ4n) is 3.87. The van der Waals surface area contributed by atoms with Crippen LogP contribution in [0.25, 0.3) is 0 Å². The molecule has 0 bridgehead atoms. The molecule has 0 saturated carbocycles. The van der Waals surface area contributed by atoms with Crippen LogP contribution in [0.5, 0.6) is 23.0 Å². The number of ether oxygens (including phenoxy) is 5. The number of hydrogen-bond donors (Lipinski definition) is 4. The average molecular weight is 654 g/mol. The SMILES string of the molecule is CCOc1cc([C@@H]2NC(=O)NC(C)=C2C(=O)OC)ccc1OC[C@H](O)N/N=C/c1cc(I)cc(OC)c1OC. The van der Waals surface area contributed by atoms with Crippen LogP contribution in [0, 0.1) is 3.57 Å². The predicted molar refractivity (Wildman–Crippen MR) is 151 cm³/mol. The Hall–Kier alpha value is -3.72. The van der Waals surface area contributed by atoms with Crippen molar-refractivity contribution in [2.45, 2.75) is 26.1 Å². The highest BCUT2D eigenvalue weighted by Gasteiger charge is 2.32. The van der Waals surface area contributed by atoms with E-state index in [0.717, 1.165) is 3.57 Å². The number of halogens is 1. The number of aliphatic hydroxyl groups excluding tert-OH is 1. The summed E-state index contributed by atoms with van der Waals surface area (Å²) in [5.74, 6) is 1.24. The highest BCUT2D eigenvalue weighted by molar-refractivity contribution is 14.1. The van der Waals surface area contributed by atoms with Gasteiger partial charge in [-0.25, -0.2) is 9.59 Å². The van der Waals surface area contributed by atoms with Crippen molar-refractivity contribution in [3.63, 3.8) is 0 Å². The highest BCUT2D eigenvalue weighted by atomic mass is 127. The molecule has 4 N–H and O–H groups in total. The summed E-state index contributed by atoms with van der Waals surface area (Å²) in [4.78, 5) is 24.5. The Morgan fingerprint density at radius 1 is 1.15 bits per heavy atom. The van der Waals surface area contributed by atoms with Crippen LogP contribution in [0.1, 0.15) is 31.0 Å². The minimum atomic E-state index is -1.15. The molecule has 210 valence electrons. The summed E-state index contributed by atoms with van der Waals surface area (Å²) < 4.78 is 28.1. The number of hydrazone groups is 1. The van der Waals surface area contributed by atoms with E-state index in [4.69, 9.17) is 23.7 Å². The van der Waals surface area contributed by atoms with E-state index < -0.39 is 24.3 Å². The van der Waals surface area contributed by atoms with Gasteiger partial charge >= 0.3 is 12.0 Å². The molecule has 3 rings (SSSR count). The van der Waals surface area contributed by atoms with E-state index in [9.17, 15) is 14.7 Å². The summed E-state index contributed by atoms with van der Waals surface area (Å²) in [6, 6.07) is 7.49. The smallest absolute Gasteiger partial charge is 0.337 e. The molecular weight excluding hydrogens is 623 g/mol. The fraction of sp³-hybridized carbons (Fsp3) is 0.346. The molecule has 13 heteroatoms. The zero-order valence-corrected chi connectivity index (χ0v) is 24.3. The normalized spacial score (nSPS) is 15.8. The second kappa shape index (κ2) is 13.9. The number of nitrogens with one attached hydrogen (secondary N) is 3. The van der Waals surface area contributed by atoms with Crippen molar-refractivity contribution in [1.29, 1.82) is 0 Å². The summed E-state index contributed by atoms with van der Waals surface area (Å²) in [5.41, 5.74) is 4.52. The van der Waals surface area contributed by atoms with Gasteiger partial charge in [0.05, 0.1) is 45.8 Å². The number of benzene rings is 2. The maximum absolute atomic E-state index is 12.4. The Morgan fingerprint density at radius 3 is 2.59 bits per heavy atom. The molecule has 0 aromatic heterocycles. The van der Waals surface area contributed by atoms with Gasteiger partial charge < -0.3 is 39.4 Å². The third-order valence-electron chi connectivity index (χ3n) is 5.57. The molecule has 2 aromatic rings. The molecular formula is C26H31IN4O8. The quantitative estimate of drug-likeness (QED) is 0.0892. The number of allylic oxidation sites excluding steroid dienone is 1. The van der Waals surface area contributed by atoms with Gasteiger partial charge in [0.2, 0.25) is 0 Å². The van der Waals surface area contributed by atoms with Crippen molar-refractivity contribution < 1.29 is 38.4 Å². The molecule has 1 aliphatic heterocycles. The Kier molecular flexibility index (Phi) is 10.6. The van der Waals surface area contributed by atoms with Crippen LogP contribution in [0.15, 0.2) is 46.7 Å². The maximum Gasteiger partial charge on any atom is 0.337 e. The van der Waals surface area contributed by atoms with Crippen LogP contribution < -0.4 is 35.0 Å². The summed E-state index contributed by atoms with van der Waals surface area (Å²) in [6.45, 7) is 3.62. The molecule has 12 nitrogen and oxygen atoms in total. The number of methoxy groups -OCH3 is 3. The minimum absolute atomic E-state index is 0.153. The lowest BCUT2D eigenvalue weighted by atomic mass is 9.95. The van der Waals surface area contributed by atoms with Crippen LogP contribution in [-0.2, 0) is 9.53 Å². The summed E-state index contributed by atoms with van der Waals surface area (Å²) in [6.07, 6.45) is 0.362. The molecule has 2 amide bonds. The Morgan fingerprint density at radius 2 is 1.92 bits per heavy atom. The van der Waals surface area contributed by atoms with Gasteiger partial charge in [0, 0.05) is 14.8 Å². The minimum Gasteiger partial charge on any atom is -0.493 e. The number of rotatable bonds is 12. The van der Waals surface area contributed by atoms with Crippen LogP contribution in [0.2, 0.25) is 0 Å². The monoisotopic (exact) mass is 654 g/mol. The van der Waals surface area contributed by atoms with Crippen molar-refractivity contribution >= 4 is 40.8 Å². The first-order valence-corrected chi connectivity index (χ1v) is 12.9. The molecule has 0 unspecified atom stereocenters. The summed E-state index contributed by atoms with van der Waals surface area (Å²) in [5, 5.41) is 19.8. The molecule has 0 aliphatic carbocycles. The van der Waals surface area contributed by atoms with Crippen LogP contribution in [0.3, 0.4) is 0 Å². The van der Waals surface area contributed by atoms with E-state index in [1.165, 1.54) is 20.4 Å². The van der Waals surface area contributed by atoms with Gasteiger partial charge in [0.25, 0.3) is 0 Å². The van der Waals surface area contributed by atoms with Crippen LogP contribution >= 0.6 is 22.6 Å². The van der Waals surface area contributed by atoms with Crippen LogP contribution in [0.4, 0.5) is 4.79 Å². The standard InChI is InChI=1S/C26H31IN4O8/c1-6-38-19-10-15(23-22(25(33)37-5)14(2)29-26(34)30-23)7-8-18(19)39-13-21(32)31-28-12-16-9-17(27)11-20(35-3)24(16)36-4/h7-12,21,23,31-32H,6,13H2,1-5H3,(H2,29,30,34)/b28-12+/t21-,23-/m0/s1. The van der Waals surface area contributed by atoms with E-state index in [1.807, 2.05) is 19.1 Å². The summed E-state index contributed by atoms with van der Waals surface area (Å²) >= 11 is 2.16. The molecule has 2 atom stereocenters. The number of aliphatic hydroxyl groups is 1. The van der Waals surface area contributed by atoms with E-state index >= 15 is 0 Å². The maximum atomic E-state index is 12.4. The van der Waals surface area contributed by atoms with Gasteiger partial charge in [-0.1, -0.05) is 6.07 Å². The van der Waals surface area contributed by atoms with Crippen molar-refractivity contribution in [3.05, 3.63) is 56.3 Å². The van der Waals surface area contributed by atoms with Gasteiger partial charge in [0.1, 0.15) is 6.61 Å². The number of carbonyl (C=O) groups is 2. The average Bonchev–Trinajstić information content (AvgIpc) is 2.91. The zero-order chi connectivity index (χ0) is 28.5. The number of amides is 2. The molecule has 2 aromatic carbocycles. The molecule has 1 heterocycles. The van der Waals surface area contributed by atoms with Gasteiger partial charge in [-0.05, 0) is 66.3 Å². The van der Waals surface area contributed by atoms with Gasteiger partial charge in [-0.2, -0.15) is 5.10 Å². The number of hydrogen-bond acceptors (Lipinski definition) is 10. The molecule has 39 heavy (non-hydrogen) atoms. The lowest BCUT2D eigenvalue weighted by Gasteiger charge is -2.28. The van der Waals surface area contributed by atoms with E-state index in [-0.39, 0.29) is 12.2 Å². The fourth-order valence-corrected chi connectivity index (χ4v) is 4.49. The molecule has 1 aliphatic rings. The third kappa shape index (κ3) is 7.44. The Balaban J connectivity index is 1.72. The second-order valence-corrected chi connectivity index (χ2v) is 9.39. The lowest BCUT2D eigenvalue weighted by molar-refractivity contribution is -0.136. The Labute approximate surface area is 239 Å². The third-order valence-corrected chi connectivity index (χ3v) is 6.19. The first kappa shape index (κ1) is 29.8. The van der Waals surface area contributed by atoms with E-state index in [0.29, 0.717) is 46.4 Å².